The molecule has 0 radical (unpaired) electrons. The lowest BCUT2D eigenvalue weighted by molar-refractivity contribution is 0.0815. The van der Waals surface area contributed by atoms with Crippen molar-refractivity contribution in [1.29, 1.82) is 0 Å². The van der Waals surface area contributed by atoms with Crippen LogP contribution in [0, 0.1) is 0 Å². The number of Topliss-reactive ketones (excluding diaryl/α,β-unsaturated/α-hetero) is 4. The highest BCUT2D eigenvalue weighted by Crippen LogP contribution is 2.45. The van der Waals surface area contributed by atoms with Crippen molar-refractivity contribution in [2.75, 3.05) is 27.8 Å². The lowest BCUT2D eigenvalue weighted by Gasteiger charge is -2.17. The first-order valence-corrected chi connectivity index (χ1v) is 13.3. The fraction of sp³-hybridized carbons (Fsp3) is 0.125. The minimum absolute atomic E-state index is 0.00621. The average molecular weight is 631 g/mol. The Morgan fingerprint density at radius 1 is 0.522 bits per heavy atom. The molecular formula is C32H22O14. The van der Waals surface area contributed by atoms with E-state index in [1.807, 2.05) is 0 Å². The Morgan fingerprint density at radius 2 is 0.913 bits per heavy atom. The number of hydrogen-bond acceptors (Lipinski definition) is 14. The molecule has 4 N–H and O–H groups in total. The number of ketones is 4. The third kappa shape index (κ3) is 4.87. The summed E-state index contributed by atoms with van der Waals surface area (Å²) < 4.78 is 31.0. The molecule has 0 saturated carbocycles. The summed E-state index contributed by atoms with van der Waals surface area (Å²) in [6.45, 7) is -0.424. The lowest BCUT2D eigenvalue weighted by atomic mass is 9.87. The van der Waals surface area contributed by atoms with Crippen LogP contribution in [0.4, 0.5) is 0 Å². The molecular weight excluding hydrogens is 608 g/mol. The predicted molar refractivity (Wildman–Crippen MR) is 154 cm³/mol. The molecule has 0 spiro atoms. The smallest absolute Gasteiger partial charge is 0.234 e. The fourth-order valence-corrected chi connectivity index (χ4v) is 5.04. The molecule has 4 aromatic rings. The van der Waals surface area contributed by atoms with Crippen LogP contribution >= 0.6 is 0 Å². The Morgan fingerprint density at radius 3 is 1.28 bits per heavy atom. The van der Waals surface area contributed by atoms with E-state index in [0.717, 1.165) is 36.4 Å². The zero-order valence-electron chi connectivity index (χ0n) is 23.9. The van der Waals surface area contributed by atoms with Crippen molar-refractivity contribution in [1.82, 2.24) is 0 Å². The molecule has 14 nitrogen and oxygen atoms in total. The lowest BCUT2D eigenvalue weighted by Crippen LogP contribution is -2.18. The molecule has 0 bridgehead atoms. The molecule has 0 amide bonds. The van der Waals surface area contributed by atoms with Crippen LogP contribution in [-0.2, 0) is 0 Å². The van der Waals surface area contributed by atoms with E-state index in [-0.39, 0.29) is 70.3 Å². The highest BCUT2D eigenvalue weighted by molar-refractivity contribution is 6.52. The number of phenols is 4. The summed E-state index contributed by atoms with van der Waals surface area (Å²) in [5.74, 6) is -6.91. The monoisotopic (exact) mass is 630 g/mol. The van der Waals surface area contributed by atoms with Crippen molar-refractivity contribution in [2.24, 2.45) is 0 Å². The fourth-order valence-electron chi connectivity index (χ4n) is 5.04. The summed E-state index contributed by atoms with van der Waals surface area (Å²) in [4.78, 5) is 54.5. The second-order valence-electron chi connectivity index (χ2n) is 9.91. The molecule has 2 heterocycles. The maximum atomic E-state index is 13.8. The molecule has 46 heavy (non-hydrogen) atoms. The normalized spacial score (nSPS) is 12.5. The Bertz CT molecular complexity index is 1850. The summed E-state index contributed by atoms with van der Waals surface area (Å²) in [5.41, 5.74) is -1.83. The molecule has 0 aromatic heterocycles. The molecule has 0 aliphatic carbocycles. The Labute approximate surface area is 258 Å². The molecule has 234 valence electrons. The van der Waals surface area contributed by atoms with Gasteiger partial charge in [-0.3, -0.25) is 19.2 Å². The molecule has 0 fully saturated rings. The van der Waals surface area contributed by atoms with Crippen LogP contribution in [0.2, 0.25) is 0 Å². The number of hydrogen-bond donors (Lipinski definition) is 4. The molecule has 2 aliphatic heterocycles. The van der Waals surface area contributed by atoms with Crippen LogP contribution in [0.25, 0.3) is 11.1 Å². The van der Waals surface area contributed by atoms with Gasteiger partial charge in [-0.2, -0.15) is 0 Å². The number of phenolic OH excluding ortho intramolecular Hbond substituents is 4. The van der Waals surface area contributed by atoms with Gasteiger partial charge in [0, 0.05) is 22.3 Å². The quantitative estimate of drug-likeness (QED) is 0.154. The minimum atomic E-state index is -1.17. The number of carbonyl (C=O) groups is 4. The number of fused-ring (bicyclic) bond motifs is 2. The molecule has 2 aliphatic rings. The number of rotatable bonds is 9. The van der Waals surface area contributed by atoms with Gasteiger partial charge in [-0.25, -0.2) is 0 Å². The van der Waals surface area contributed by atoms with Crippen LogP contribution < -0.4 is 28.4 Å². The van der Waals surface area contributed by atoms with Crippen molar-refractivity contribution in [3.8, 4) is 68.6 Å². The highest BCUT2D eigenvalue weighted by atomic mass is 16.7. The van der Waals surface area contributed by atoms with Gasteiger partial charge >= 0.3 is 0 Å². The number of benzene rings is 4. The van der Waals surface area contributed by atoms with Gasteiger partial charge in [-0.15, -0.1) is 0 Å². The van der Waals surface area contributed by atoms with Crippen LogP contribution in [0.1, 0.15) is 41.4 Å². The van der Waals surface area contributed by atoms with E-state index in [1.165, 1.54) is 26.4 Å². The van der Waals surface area contributed by atoms with Gasteiger partial charge in [-0.05, 0) is 59.7 Å². The van der Waals surface area contributed by atoms with Crippen molar-refractivity contribution in [2.45, 2.75) is 0 Å². The van der Waals surface area contributed by atoms with Crippen molar-refractivity contribution in [3.05, 3.63) is 70.8 Å². The van der Waals surface area contributed by atoms with E-state index in [2.05, 4.69) is 0 Å². The highest BCUT2D eigenvalue weighted by Gasteiger charge is 2.32. The maximum absolute atomic E-state index is 13.8. The van der Waals surface area contributed by atoms with Crippen LogP contribution in [0.5, 0.6) is 57.5 Å². The number of aromatic hydroxyl groups is 4. The topological polar surface area (TPSA) is 205 Å². The Kier molecular flexibility index (Phi) is 7.24. The van der Waals surface area contributed by atoms with Crippen LogP contribution in [0.3, 0.4) is 0 Å². The Hall–Kier alpha value is -6.44. The predicted octanol–water partition coefficient (Wildman–Crippen LogP) is 3.78. The van der Waals surface area contributed by atoms with E-state index in [4.69, 9.17) is 28.4 Å². The van der Waals surface area contributed by atoms with Crippen molar-refractivity contribution < 1.29 is 68.0 Å². The second kappa shape index (κ2) is 11.2. The van der Waals surface area contributed by atoms with Crippen LogP contribution in [-0.4, -0.2) is 71.4 Å². The SMILES string of the molecule is COc1cc(C(=O)C(=O)c2cc(O)c3c(c2)OCO3)c(-c2cc(O)c(OC)cc2C(=O)C(=O)c2cc(O)c3c(c2)OCO3)cc1O. The number of methoxy groups -OCH3 is 2. The molecule has 14 heteroatoms. The third-order valence-electron chi connectivity index (χ3n) is 7.26. The van der Waals surface area contributed by atoms with E-state index in [1.54, 1.807) is 0 Å². The zero-order chi connectivity index (χ0) is 32.9. The van der Waals surface area contributed by atoms with Gasteiger partial charge < -0.3 is 48.8 Å². The minimum Gasteiger partial charge on any atom is -0.504 e. The number of carbonyl (C=O) groups excluding carboxylic acids is 4. The molecule has 6 rings (SSSR count). The summed E-state index contributed by atoms with van der Waals surface area (Å²) in [6.07, 6.45) is 0. The zero-order valence-corrected chi connectivity index (χ0v) is 23.9. The van der Waals surface area contributed by atoms with E-state index >= 15 is 0 Å². The van der Waals surface area contributed by atoms with Crippen LogP contribution in [0.15, 0.2) is 48.5 Å². The third-order valence-corrected chi connectivity index (χ3v) is 7.26. The first-order valence-electron chi connectivity index (χ1n) is 13.3. The van der Waals surface area contributed by atoms with Crippen molar-refractivity contribution in [3.63, 3.8) is 0 Å². The number of ether oxygens (including phenoxy) is 6. The van der Waals surface area contributed by atoms with Crippen molar-refractivity contribution >= 4 is 23.1 Å². The largest absolute Gasteiger partial charge is 0.504 e. The van der Waals surface area contributed by atoms with Gasteiger partial charge in [-0.1, -0.05) is 0 Å². The van der Waals surface area contributed by atoms with E-state index in [9.17, 15) is 39.6 Å². The van der Waals surface area contributed by atoms with Gasteiger partial charge in [0.1, 0.15) is 0 Å². The molecule has 4 aromatic carbocycles. The molecule has 0 unspecified atom stereocenters. The van der Waals surface area contributed by atoms with Gasteiger partial charge in [0.15, 0.2) is 46.0 Å². The second-order valence-corrected chi connectivity index (χ2v) is 9.91. The first-order chi connectivity index (χ1) is 22.0. The van der Waals surface area contributed by atoms with Gasteiger partial charge in [0.25, 0.3) is 0 Å². The van der Waals surface area contributed by atoms with Gasteiger partial charge in [0.05, 0.1) is 14.2 Å². The van der Waals surface area contributed by atoms with E-state index in [0.29, 0.717) is 0 Å². The first kappa shape index (κ1) is 29.6. The maximum Gasteiger partial charge on any atom is 0.234 e. The van der Waals surface area contributed by atoms with E-state index < -0.39 is 57.3 Å². The molecule has 0 atom stereocenters. The standard InChI is InChI=1S/C32H22O14/c1-41-23-9-17(29(39)27(37)13-3-21(35)31-25(5-13)43-11-45-31)15(7-19(23)33)16-8-20(34)24(42-2)10-18(16)30(40)28(38)14-4-22(36)32-26(6-14)44-12-46-32/h3-10,33-36H,11-12H2,1-2H3. The average Bonchev–Trinajstić information content (AvgIpc) is 3.73. The summed E-state index contributed by atoms with van der Waals surface area (Å²) in [5, 5.41) is 42.0. The summed E-state index contributed by atoms with van der Waals surface area (Å²) in [6, 6.07) is 8.56. The Balaban J connectivity index is 1.49. The molecule has 0 saturated heterocycles. The van der Waals surface area contributed by atoms with Gasteiger partial charge in [0.2, 0.25) is 48.2 Å². The summed E-state index contributed by atoms with van der Waals surface area (Å²) >= 11 is 0. The summed E-state index contributed by atoms with van der Waals surface area (Å²) in [7, 11) is 2.41.